The number of primary sulfonamides is 1. The number of alkyl halides is 2. The molecule has 0 aliphatic carbocycles. The third-order valence-corrected chi connectivity index (χ3v) is 2.57. The predicted octanol–water partition coefficient (Wildman–Crippen LogP) is -0.334. The van der Waals surface area contributed by atoms with Gasteiger partial charge in [-0.3, -0.25) is 4.79 Å². The van der Waals surface area contributed by atoms with Crippen LogP contribution in [0.2, 0.25) is 0 Å². The van der Waals surface area contributed by atoms with E-state index < -0.39 is 38.2 Å². The summed E-state index contributed by atoms with van der Waals surface area (Å²) in [6, 6.07) is 0. The highest BCUT2D eigenvalue weighted by Gasteiger charge is 2.26. The molecule has 0 aromatic carbocycles. The molecule has 0 unspecified atom stereocenters. The van der Waals surface area contributed by atoms with E-state index in [9.17, 15) is 22.0 Å². The third-order valence-electron chi connectivity index (χ3n) is 1.57. The lowest BCUT2D eigenvalue weighted by Gasteiger charge is -2.07. The number of nitrogens with one attached hydrogen (secondary N) is 1. The Morgan fingerprint density at radius 1 is 1.47 bits per heavy atom. The van der Waals surface area contributed by atoms with Gasteiger partial charge in [0, 0.05) is 6.20 Å². The van der Waals surface area contributed by atoms with Gasteiger partial charge in [0.2, 0.25) is 15.8 Å². The van der Waals surface area contributed by atoms with Crippen molar-refractivity contribution in [2.75, 3.05) is 0 Å². The van der Waals surface area contributed by atoms with Crippen molar-refractivity contribution < 1.29 is 22.3 Å². The number of aromatic hydroxyl groups is 1. The van der Waals surface area contributed by atoms with E-state index in [1.807, 2.05) is 0 Å². The monoisotopic (exact) mass is 240 g/mol. The van der Waals surface area contributed by atoms with Crippen LogP contribution in [0.15, 0.2) is 15.9 Å². The van der Waals surface area contributed by atoms with Crippen molar-refractivity contribution in [3.05, 3.63) is 22.1 Å². The normalized spacial score (nSPS) is 12.0. The first kappa shape index (κ1) is 11.6. The summed E-state index contributed by atoms with van der Waals surface area (Å²) >= 11 is 0. The molecule has 0 atom stereocenters. The first-order valence-corrected chi connectivity index (χ1v) is 5.05. The number of sulfonamides is 1. The maximum Gasteiger partial charge on any atom is 0.291 e. The molecular weight excluding hydrogens is 234 g/mol. The zero-order chi connectivity index (χ0) is 11.8. The quantitative estimate of drug-likeness (QED) is 0.656. The van der Waals surface area contributed by atoms with Crippen LogP contribution < -0.4 is 10.7 Å². The van der Waals surface area contributed by atoms with Crippen LogP contribution >= 0.6 is 0 Å². The van der Waals surface area contributed by atoms with E-state index in [2.05, 4.69) is 5.14 Å². The number of aromatic nitrogens is 1. The van der Waals surface area contributed by atoms with Crippen LogP contribution in [0, 0.1) is 0 Å². The van der Waals surface area contributed by atoms with E-state index >= 15 is 0 Å². The minimum atomic E-state index is -4.58. The smallest absolute Gasteiger partial charge is 0.291 e. The van der Waals surface area contributed by atoms with Gasteiger partial charge in [-0.15, -0.1) is 0 Å². The molecule has 9 heteroatoms. The Hall–Kier alpha value is -1.48. The Bertz CT molecular complexity index is 537. The van der Waals surface area contributed by atoms with Gasteiger partial charge in [0.25, 0.3) is 12.0 Å². The topological polar surface area (TPSA) is 113 Å². The van der Waals surface area contributed by atoms with Crippen molar-refractivity contribution in [3.63, 3.8) is 0 Å². The van der Waals surface area contributed by atoms with Crippen LogP contribution in [-0.2, 0) is 10.0 Å². The molecule has 1 aromatic heterocycles. The van der Waals surface area contributed by atoms with Crippen LogP contribution in [0.1, 0.15) is 12.0 Å². The molecule has 6 nitrogen and oxygen atoms in total. The van der Waals surface area contributed by atoms with Gasteiger partial charge in [-0.25, -0.2) is 22.3 Å². The highest BCUT2D eigenvalue weighted by molar-refractivity contribution is 7.89. The molecule has 0 saturated carbocycles. The molecule has 0 saturated heterocycles. The Balaban J connectivity index is 3.73. The number of hydrogen-bond donors (Lipinski definition) is 3. The van der Waals surface area contributed by atoms with Crippen molar-refractivity contribution >= 4 is 10.0 Å². The highest BCUT2D eigenvalue weighted by atomic mass is 32.2. The van der Waals surface area contributed by atoms with Crippen LogP contribution in [-0.4, -0.2) is 18.5 Å². The average Bonchev–Trinajstić information content (AvgIpc) is 2.06. The Morgan fingerprint density at radius 3 is 2.40 bits per heavy atom. The maximum atomic E-state index is 12.3. The number of pyridine rings is 1. The zero-order valence-corrected chi connectivity index (χ0v) is 7.88. The van der Waals surface area contributed by atoms with E-state index in [1.54, 1.807) is 4.98 Å². The lowest BCUT2D eigenvalue weighted by Crippen LogP contribution is -2.19. The Morgan fingerprint density at radius 2 is 2.00 bits per heavy atom. The van der Waals surface area contributed by atoms with Crippen molar-refractivity contribution in [2.24, 2.45) is 5.14 Å². The fourth-order valence-electron chi connectivity index (χ4n) is 0.978. The fraction of sp³-hybridized carbons (Fsp3) is 0.167. The summed E-state index contributed by atoms with van der Waals surface area (Å²) in [5.74, 6) is -1.34. The Kier molecular flexibility index (Phi) is 2.77. The second-order valence-corrected chi connectivity index (χ2v) is 4.09. The molecule has 0 bridgehead atoms. The van der Waals surface area contributed by atoms with Crippen LogP contribution in [0.5, 0.6) is 5.75 Å². The van der Waals surface area contributed by atoms with Crippen LogP contribution in [0.25, 0.3) is 0 Å². The second-order valence-electron chi connectivity index (χ2n) is 2.60. The Labute approximate surface area is 82.4 Å². The summed E-state index contributed by atoms with van der Waals surface area (Å²) in [6.07, 6.45) is -2.69. The van der Waals surface area contributed by atoms with E-state index in [0.29, 0.717) is 6.20 Å². The van der Waals surface area contributed by atoms with Gasteiger partial charge in [-0.05, 0) is 0 Å². The van der Waals surface area contributed by atoms with Crippen molar-refractivity contribution in [2.45, 2.75) is 11.3 Å². The van der Waals surface area contributed by atoms with Crippen LogP contribution in [0.4, 0.5) is 8.78 Å². The van der Waals surface area contributed by atoms with Gasteiger partial charge >= 0.3 is 0 Å². The van der Waals surface area contributed by atoms with Gasteiger partial charge in [-0.2, -0.15) is 0 Å². The third kappa shape index (κ3) is 2.13. The van der Waals surface area contributed by atoms with E-state index in [0.717, 1.165) is 0 Å². The molecule has 1 heterocycles. The summed E-state index contributed by atoms with van der Waals surface area (Å²) in [5.41, 5.74) is -2.25. The first-order chi connectivity index (χ1) is 6.75. The van der Waals surface area contributed by atoms with Gasteiger partial charge in [-0.1, -0.05) is 0 Å². The number of hydrogen-bond acceptors (Lipinski definition) is 4. The maximum absolute atomic E-state index is 12.3. The molecule has 0 aliphatic heterocycles. The zero-order valence-electron chi connectivity index (χ0n) is 7.07. The number of nitrogens with two attached hydrogens (primary N) is 1. The molecule has 4 N–H and O–H groups in total. The molecular formula is C6H6F2N2O4S. The highest BCUT2D eigenvalue weighted by Crippen LogP contribution is 2.28. The number of H-pyrrole nitrogens is 1. The molecule has 0 amide bonds. The van der Waals surface area contributed by atoms with E-state index in [1.165, 1.54) is 0 Å². The van der Waals surface area contributed by atoms with Gasteiger partial charge in [0.05, 0.1) is 5.56 Å². The predicted molar refractivity (Wildman–Crippen MR) is 45.1 cm³/mol. The minimum Gasteiger partial charge on any atom is -0.502 e. The van der Waals surface area contributed by atoms with Crippen LogP contribution in [0.3, 0.4) is 0 Å². The average molecular weight is 240 g/mol. The molecule has 1 rings (SSSR count). The van der Waals surface area contributed by atoms with E-state index in [4.69, 9.17) is 5.11 Å². The number of aromatic amines is 1. The largest absolute Gasteiger partial charge is 0.502 e. The van der Waals surface area contributed by atoms with Crippen molar-refractivity contribution in [3.8, 4) is 5.75 Å². The molecule has 1 aromatic rings. The lowest BCUT2D eigenvalue weighted by molar-refractivity contribution is 0.146. The summed E-state index contributed by atoms with van der Waals surface area (Å²) in [5, 5.41) is 13.6. The second kappa shape index (κ2) is 3.59. The minimum absolute atomic E-state index is 0.493. The molecule has 15 heavy (non-hydrogen) atoms. The van der Waals surface area contributed by atoms with Crippen molar-refractivity contribution in [1.82, 2.24) is 4.98 Å². The summed E-state index contributed by atoms with van der Waals surface area (Å²) in [7, 11) is -4.58. The summed E-state index contributed by atoms with van der Waals surface area (Å²) in [4.78, 5) is 11.3. The lowest BCUT2D eigenvalue weighted by atomic mass is 10.3. The standard InChI is InChI=1S/C6H6F2N2O4S/c7-5(8)2-1-10-6(12)3(11)4(2)15(9,13)14/h1,5,11H,(H,10,12)(H2,9,13,14). The van der Waals surface area contributed by atoms with Gasteiger partial charge in [0.1, 0.15) is 4.90 Å². The number of rotatable bonds is 2. The van der Waals surface area contributed by atoms with Crippen molar-refractivity contribution in [1.29, 1.82) is 0 Å². The first-order valence-electron chi connectivity index (χ1n) is 3.50. The molecule has 0 fully saturated rings. The molecule has 0 radical (unpaired) electrons. The SMILES string of the molecule is NS(=O)(=O)c1c(C(F)F)c[nH]c(=O)c1O. The number of halogens is 2. The molecule has 0 aliphatic rings. The molecule has 84 valence electrons. The van der Waals surface area contributed by atoms with E-state index in [-0.39, 0.29) is 0 Å². The summed E-state index contributed by atoms with van der Waals surface area (Å²) < 4.78 is 46.4. The fourth-order valence-corrected chi connectivity index (χ4v) is 1.82. The molecule has 0 spiro atoms. The summed E-state index contributed by atoms with van der Waals surface area (Å²) in [6.45, 7) is 0. The van der Waals surface area contributed by atoms with Gasteiger partial charge in [0.15, 0.2) is 0 Å². The van der Waals surface area contributed by atoms with Gasteiger partial charge < -0.3 is 10.1 Å².